The molecule has 1 amide bonds. The average molecular weight is 382 g/mol. The van der Waals surface area contributed by atoms with Gasteiger partial charge in [0.15, 0.2) is 5.43 Å². The molecule has 2 heterocycles. The number of aromatic amines is 1. The molecular formula is C21H20ClN3O2. The van der Waals surface area contributed by atoms with Crippen molar-refractivity contribution in [2.75, 3.05) is 13.1 Å². The van der Waals surface area contributed by atoms with E-state index in [1.54, 1.807) is 6.07 Å². The Morgan fingerprint density at radius 1 is 1.15 bits per heavy atom. The SMILES string of the molecule is O=C(CN1CCc2[nH]c3ccccc3c(=O)c2C1)NCc1ccccc1Cl. The first kappa shape index (κ1) is 17.8. The van der Waals surface area contributed by atoms with Crippen molar-refractivity contribution in [2.24, 2.45) is 0 Å². The molecule has 2 aromatic carbocycles. The van der Waals surface area contributed by atoms with E-state index in [1.165, 1.54) is 0 Å². The van der Waals surface area contributed by atoms with Crippen LogP contribution in [-0.2, 0) is 24.3 Å². The van der Waals surface area contributed by atoms with Crippen molar-refractivity contribution >= 4 is 28.4 Å². The number of H-pyrrole nitrogens is 1. The van der Waals surface area contributed by atoms with E-state index in [1.807, 2.05) is 47.4 Å². The van der Waals surface area contributed by atoms with Crippen LogP contribution in [0.3, 0.4) is 0 Å². The van der Waals surface area contributed by atoms with E-state index in [9.17, 15) is 9.59 Å². The van der Waals surface area contributed by atoms with Crippen molar-refractivity contribution in [3.8, 4) is 0 Å². The summed E-state index contributed by atoms with van der Waals surface area (Å²) in [5.74, 6) is -0.0735. The Balaban J connectivity index is 1.44. The van der Waals surface area contributed by atoms with Gasteiger partial charge in [-0.05, 0) is 23.8 Å². The van der Waals surface area contributed by atoms with Crippen molar-refractivity contribution < 1.29 is 4.79 Å². The molecule has 2 N–H and O–H groups in total. The minimum Gasteiger partial charge on any atom is -0.358 e. The first-order valence-electron chi connectivity index (χ1n) is 8.97. The number of para-hydroxylation sites is 1. The van der Waals surface area contributed by atoms with Gasteiger partial charge in [-0.15, -0.1) is 0 Å². The molecule has 0 spiro atoms. The Morgan fingerprint density at radius 3 is 2.78 bits per heavy atom. The van der Waals surface area contributed by atoms with Crippen LogP contribution in [0.25, 0.3) is 10.9 Å². The van der Waals surface area contributed by atoms with Crippen LogP contribution in [0.15, 0.2) is 53.3 Å². The largest absolute Gasteiger partial charge is 0.358 e. The summed E-state index contributed by atoms with van der Waals surface area (Å²) in [7, 11) is 0. The molecule has 4 rings (SSSR count). The molecular weight excluding hydrogens is 362 g/mol. The maximum atomic E-state index is 12.8. The number of rotatable bonds is 4. The van der Waals surface area contributed by atoms with Crippen LogP contribution in [0.5, 0.6) is 0 Å². The molecule has 1 aromatic heterocycles. The number of aromatic nitrogens is 1. The van der Waals surface area contributed by atoms with Gasteiger partial charge in [-0.25, -0.2) is 0 Å². The van der Waals surface area contributed by atoms with Crippen LogP contribution in [0.1, 0.15) is 16.8 Å². The Morgan fingerprint density at radius 2 is 1.93 bits per heavy atom. The van der Waals surface area contributed by atoms with Gasteiger partial charge >= 0.3 is 0 Å². The summed E-state index contributed by atoms with van der Waals surface area (Å²) in [6.07, 6.45) is 0.729. The standard InChI is InChI=1S/C21H20ClN3O2/c22-17-7-3-1-5-14(17)11-23-20(26)13-25-10-9-19-16(12-25)21(27)15-6-2-4-8-18(15)24-19/h1-8H,9-13H2,(H,23,26)(H,24,27). The van der Waals surface area contributed by atoms with Crippen LogP contribution in [0.4, 0.5) is 0 Å². The van der Waals surface area contributed by atoms with E-state index in [0.29, 0.717) is 23.5 Å². The fourth-order valence-corrected chi connectivity index (χ4v) is 3.71. The zero-order valence-corrected chi connectivity index (χ0v) is 15.6. The van der Waals surface area contributed by atoms with Crippen molar-refractivity contribution in [3.05, 3.63) is 80.6 Å². The molecule has 1 aliphatic heterocycles. The number of benzene rings is 2. The minimum atomic E-state index is -0.0735. The van der Waals surface area contributed by atoms with Crippen molar-refractivity contribution in [1.29, 1.82) is 0 Å². The number of amides is 1. The first-order chi connectivity index (χ1) is 13.1. The highest BCUT2D eigenvalue weighted by atomic mass is 35.5. The highest BCUT2D eigenvalue weighted by molar-refractivity contribution is 6.31. The normalized spacial score (nSPS) is 14.1. The van der Waals surface area contributed by atoms with Gasteiger partial charge in [-0.3, -0.25) is 14.5 Å². The number of nitrogens with one attached hydrogen (secondary N) is 2. The van der Waals surface area contributed by atoms with E-state index in [0.717, 1.165) is 35.3 Å². The summed E-state index contributed by atoms with van der Waals surface area (Å²) in [5, 5.41) is 4.24. The quantitative estimate of drug-likeness (QED) is 0.730. The van der Waals surface area contributed by atoms with Crippen molar-refractivity contribution in [3.63, 3.8) is 0 Å². The average Bonchev–Trinajstić information content (AvgIpc) is 2.68. The summed E-state index contributed by atoms with van der Waals surface area (Å²) in [6, 6.07) is 15.0. The van der Waals surface area contributed by atoms with E-state index >= 15 is 0 Å². The third-order valence-electron chi connectivity index (χ3n) is 4.96. The lowest BCUT2D eigenvalue weighted by molar-refractivity contribution is -0.122. The summed E-state index contributed by atoms with van der Waals surface area (Å²) < 4.78 is 0. The lowest BCUT2D eigenvalue weighted by atomic mass is 10.0. The van der Waals surface area contributed by atoms with Gasteiger partial charge in [-0.1, -0.05) is 41.9 Å². The molecule has 3 aromatic rings. The second kappa shape index (κ2) is 7.55. The van der Waals surface area contributed by atoms with Crippen LogP contribution in [0.2, 0.25) is 5.02 Å². The van der Waals surface area contributed by atoms with Crippen LogP contribution < -0.4 is 10.7 Å². The number of carbonyl (C=O) groups is 1. The van der Waals surface area contributed by atoms with Gasteiger partial charge in [0.1, 0.15) is 0 Å². The van der Waals surface area contributed by atoms with E-state index in [2.05, 4.69) is 10.3 Å². The van der Waals surface area contributed by atoms with Crippen LogP contribution in [0, 0.1) is 0 Å². The van der Waals surface area contributed by atoms with Crippen LogP contribution in [-0.4, -0.2) is 28.9 Å². The molecule has 0 atom stereocenters. The van der Waals surface area contributed by atoms with E-state index in [-0.39, 0.29) is 17.9 Å². The van der Waals surface area contributed by atoms with Gasteiger partial charge in [0.25, 0.3) is 0 Å². The fourth-order valence-electron chi connectivity index (χ4n) is 3.51. The fraction of sp³-hybridized carbons (Fsp3) is 0.238. The Kier molecular flexibility index (Phi) is 4.97. The summed E-state index contributed by atoms with van der Waals surface area (Å²) in [5.41, 5.74) is 3.55. The lowest BCUT2D eigenvalue weighted by Gasteiger charge is -2.27. The van der Waals surface area contributed by atoms with Gasteiger partial charge in [0, 0.05) is 53.2 Å². The van der Waals surface area contributed by atoms with E-state index < -0.39 is 0 Å². The molecule has 6 heteroatoms. The molecule has 0 saturated carbocycles. The predicted octanol–water partition coefficient (Wildman–Crippen LogP) is 2.86. The number of halogens is 1. The first-order valence-corrected chi connectivity index (χ1v) is 9.35. The summed E-state index contributed by atoms with van der Waals surface area (Å²) >= 11 is 6.12. The molecule has 0 fully saturated rings. The Labute approximate surface area is 162 Å². The molecule has 0 saturated heterocycles. The zero-order valence-electron chi connectivity index (χ0n) is 14.8. The Bertz CT molecular complexity index is 1060. The van der Waals surface area contributed by atoms with Gasteiger partial charge in [0.05, 0.1) is 6.54 Å². The maximum Gasteiger partial charge on any atom is 0.234 e. The lowest BCUT2D eigenvalue weighted by Crippen LogP contribution is -2.41. The number of nitrogens with zero attached hydrogens (tertiary/aromatic N) is 1. The minimum absolute atomic E-state index is 0.0560. The molecule has 0 unspecified atom stereocenters. The van der Waals surface area contributed by atoms with Gasteiger partial charge < -0.3 is 10.3 Å². The summed E-state index contributed by atoms with van der Waals surface area (Å²) in [6.45, 7) is 1.88. The predicted molar refractivity (Wildman–Crippen MR) is 107 cm³/mol. The molecule has 0 bridgehead atoms. The number of fused-ring (bicyclic) bond motifs is 2. The van der Waals surface area contributed by atoms with Gasteiger partial charge in [-0.2, -0.15) is 0 Å². The summed E-state index contributed by atoms with van der Waals surface area (Å²) in [4.78, 5) is 30.5. The third kappa shape index (κ3) is 3.75. The monoisotopic (exact) mass is 381 g/mol. The molecule has 27 heavy (non-hydrogen) atoms. The van der Waals surface area contributed by atoms with E-state index in [4.69, 9.17) is 11.6 Å². The highest BCUT2D eigenvalue weighted by Gasteiger charge is 2.22. The highest BCUT2D eigenvalue weighted by Crippen LogP contribution is 2.18. The number of hydrogen-bond acceptors (Lipinski definition) is 3. The molecule has 138 valence electrons. The van der Waals surface area contributed by atoms with Gasteiger partial charge in [0.2, 0.25) is 5.91 Å². The number of hydrogen-bond donors (Lipinski definition) is 2. The number of carbonyl (C=O) groups excluding carboxylic acids is 1. The maximum absolute atomic E-state index is 12.8. The second-order valence-corrected chi connectivity index (χ2v) is 7.19. The van der Waals surface area contributed by atoms with Crippen LogP contribution >= 0.6 is 11.6 Å². The Hall–Kier alpha value is -2.63. The smallest absolute Gasteiger partial charge is 0.234 e. The zero-order chi connectivity index (χ0) is 18.8. The van der Waals surface area contributed by atoms with Crippen molar-refractivity contribution in [2.45, 2.75) is 19.5 Å². The molecule has 1 aliphatic rings. The molecule has 5 nitrogen and oxygen atoms in total. The molecule has 0 radical (unpaired) electrons. The second-order valence-electron chi connectivity index (χ2n) is 6.79. The number of pyridine rings is 1. The third-order valence-corrected chi connectivity index (χ3v) is 5.33. The van der Waals surface area contributed by atoms with Crippen molar-refractivity contribution in [1.82, 2.24) is 15.2 Å². The topological polar surface area (TPSA) is 65.2 Å². The molecule has 0 aliphatic carbocycles.